The predicted molar refractivity (Wildman–Crippen MR) is 119 cm³/mol. The quantitative estimate of drug-likeness (QED) is 0.595. The monoisotopic (exact) mass is 443 g/mol. The summed E-state index contributed by atoms with van der Waals surface area (Å²) in [4.78, 5) is 14.0. The lowest BCUT2D eigenvalue weighted by atomic mass is 9.76. The molecule has 1 heterocycles. The smallest absolute Gasteiger partial charge is 0.323 e. The summed E-state index contributed by atoms with van der Waals surface area (Å²) in [6.07, 6.45) is 0. The minimum absolute atomic E-state index is 0.314. The first kappa shape index (κ1) is 22.0. The second-order valence-corrected chi connectivity index (χ2v) is 7.57. The van der Waals surface area contributed by atoms with Crippen molar-refractivity contribution in [2.24, 2.45) is 0 Å². The minimum atomic E-state index is -0.765. The van der Waals surface area contributed by atoms with E-state index in [0.717, 1.165) is 11.1 Å². The molecule has 0 unspecified atom stereocenters. The zero-order valence-electron chi connectivity index (χ0n) is 17.4. The molecular formula is C26H19F2N3O2. The van der Waals surface area contributed by atoms with Crippen LogP contribution in [0, 0.1) is 34.8 Å². The number of aliphatic hydroxyl groups excluding tert-OH is 1. The number of carbonyl (C=O) groups excluding carboxylic acids is 1. The molecule has 3 atom stereocenters. The molecule has 0 aliphatic carbocycles. The summed E-state index contributed by atoms with van der Waals surface area (Å²) in [7, 11) is 0. The maximum Gasteiger partial charge on any atom is 0.323 e. The van der Waals surface area contributed by atoms with Gasteiger partial charge in [-0.15, -0.1) is 0 Å². The molecule has 0 radical (unpaired) electrons. The molecule has 1 aliphatic rings. The van der Waals surface area contributed by atoms with E-state index in [1.807, 2.05) is 12.1 Å². The van der Waals surface area contributed by atoms with Crippen molar-refractivity contribution in [2.45, 2.75) is 18.0 Å². The van der Waals surface area contributed by atoms with Gasteiger partial charge in [-0.25, -0.2) is 13.6 Å². The average Bonchev–Trinajstić information content (AvgIpc) is 2.81. The predicted octanol–water partition coefficient (Wildman–Crippen LogP) is 4.25. The zero-order chi connectivity index (χ0) is 23.4. The maximum absolute atomic E-state index is 13.1. The molecular weight excluding hydrogens is 424 g/mol. The maximum atomic E-state index is 13.1. The van der Waals surface area contributed by atoms with Gasteiger partial charge in [0, 0.05) is 22.7 Å². The van der Waals surface area contributed by atoms with Crippen LogP contribution in [0.25, 0.3) is 0 Å². The first-order valence-electron chi connectivity index (χ1n) is 10.2. The molecule has 0 saturated carbocycles. The molecule has 3 aromatic rings. The molecule has 1 fully saturated rings. The van der Waals surface area contributed by atoms with Gasteiger partial charge in [0.05, 0.1) is 18.7 Å². The van der Waals surface area contributed by atoms with Gasteiger partial charge in [0.15, 0.2) is 0 Å². The van der Waals surface area contributed by atoms with Crippen LogP contribution in [0.2, 0.25) is 0 Å². The highest BCUT2D eigenvalue weighted by molar-refractivity contribution is 5.91. The van der Waals surface area contributed by atoms with E-state index in [4.69, 9.17) is 0 Å². The summed E-state index contributed by atoms with van der Waals surface area (Å²) in [6.45, 7) is -0.314. The van der Waals surface area contributed by atoms with E-state index >= 15 is 0 Å². The lowest BCUT2D eigenvalue weighted by Crippen LogP contribution is -2.66. The van der Waals surface area contributed by atoms with Gasteiger partial charge in [-0.1, -0.05) is 24.0 Å². The summed E-state index contributed by atoms with van der Waals surface area (Å²) >= 11 is 0. The van der Waals surface area contributed by atoms with Crippen LogP contribution < -0.4 is 5.32 Å². The molecule has 2 amide bonds. The molecule has 5 nitrogen and oxygen atoms in total. The van der Waals surface area contributed by atoms with Crippen molar-refractivity contribution in [3.05, 3.63) is 101 Å². The summed E-state index contributed by atoms with van der Waals surface area (Å²) < 4.78 is 26.1. The summed E-state index contributed by atoms with van der Waals surface area (Å²) in [5, 5.41) is 22.2. The highest BCUT2D eigenvalue weighted by Crippen LogP contribution is 2.40. The van der Waals surface area contributed by atoms with Crippen LogP contribution in [0.15, 0.2) is 72.8 Å². The fourth-order valence-corrected chi connectivity index (χ4v) is 3.87. The third kappa shape index (κ3) is 4.69. The number of nitrogens with one attached hydrogen (secondary N) is 1. The molecule has 3 aromatic carbocycles. The SMILES string of the molecule is N#C[C@H]1[C@H](c2ccc(C#Cc3ccc(F)cc3)cc2)[C@H](CO)N1C(=O)Nc1ccc(F)cc1. The largest absolute Gasteiger partial charge is 0.394 e. The topological polar surface area (TPSA) is 76.4 Å². The third-order valence-corrected chi connectivity index (χ3v) is 5.55. The van der Waals surface area contributed by atoms with E-state index in [1.54, 1.807) is 24.3 Å². The van der Waals surface area contributed by atoms with Crippen LogP contribution in [-0.4, -0.2) is 34.7 Å². The molecule has 4 rings (SSSR count). The number of urea groups is 1. The van der Waals surface area contributed by atoms with E-state index in [2.05, 4.69) is 23.2 Å². The number of anilines is 1. The Morgan fingerprint density at radius 2 is 1.42 bits per heavy atom. The number of nitriles is 1. The van der Waals surface area contributed by atoms with E-state index in [-0.39, 0.29) is 18.3 Å². The molecule has 7 heteroatoms. The molecule has 0 aromatic heterocycles. The molecule has 0 bridgehead atoms. The average molecular weight is 443 g/mol. The number of halogens is 2. The van der Waals surface area contributed by atoms with Crippen molar-refractivity contribution in [2.75, 3.05) is 11.9 Å². The number of benzene rings is 3. The second kappa shape index (κ2) is 9.52. The van der Waals surface area contributed by atoms with Crippen molar-refractivity contribution in [3.8, 4) is 17.9 Å². The first-order chi connectivity index (χ1) is 16.0. The van der Waals surface area contributed by atoms with E-state index in [1.165, 1.54) is 41.3 Å². The van der Waals surface area contributed by atoms with Gasteiger partial charge in [-0.05, 0) is 66.2 Å². The standard InChI is InChI=1S/C26H19F2N3O2/c27-20-9-5-18(6-10-20)2-1-17-3-7-19(8-4-17)25-23(15-29)31(24(25)16-32)26(33)30-22-13-11-21(28)12-14-22/h3-14,23-25,32H,16H2,(H,30,33)/t23-,24-,25-/m0/s1. The number of likely N-dealkylation sites (tertiary alicyclic amines) is 1. The second-order valence-electron chi connectivity index (χ2n) is 7.57. The number of hydrogen-bond acceptors (Lipinski definition) is 3. The molecule has 164 valence electrons. The van der Waals surface area contributed by atoms with E-state index < -0.39 is 23.9 Å². The van der Waals surface area contributed by atoms with Gasteiger partial charge in [0.25, 0.3) is 0 Å². The Morgan fingerprint density at radius 1 is 0.909 bits per heavy atom. The number of rotatable bonds is 3. The van der Waals surface area contributed by atoms with Gasteiger partial charge >= 0.3 is 6.03 Å². The summed E-state index contributed by atoms with van der Waals surface area (Å²) in [6, 6.07) is 18.7. The van der Waals surface area contributed by atoms with Crippen LogP contribution in [0.5, 0.6) is 0 Å². The van der Waals surface area contributed by atoms with Crippen molar-refractivity contribution >= 4 is 11.7 Å². The van der Waals surface area contributed by atoms with Gasteiger partial charge in [-0.3, -0.25) is 0 Å². The highest BCUT2D eigenvalue weighted by Gasteiger charge is 2.51. The fourth-order valence-electron chi connectivity index (χ4n) is 3.87. The summed E-state index contributed by atoms with van der Waals surface area (Å²) in [5.41, 5.74) is 2.62. The fraction of sp³-hybridized carbons (Fsp3) is 0.154. The molecule has 0 spiro atoms. The number of amides is 2. The Kier molecular flexibility index (Phi) is 6.35. The van der Waals surface area contributed by atoms with Crippen LogP contribution in [0.4, 0.5) is 19.3 Å². The van der Waals surface area contributed by atoms with Crippen LogP contribution in [0.1, 0.15) is 22.6 Å². The highest BCUT2D eigenvalue weighted by atomic mass is 19.1. The number of aliphatic hydroxyl groups is 1. The Balaban J connectivity index is 1.48. The van der Waals surface area contributed by atoms with Crippen molar-refractivity contribution in [1.82, 2.24) is 4.90 Å². The third-order valence-electron chi connectivity index (χ3n) is 5.55. The molecule has 1 aliphatic heterocycles. The van der Waals surface area contributed by atoms with E-state index in [9.17, 15) is 23.9 Å². The van der Waals surface area contributed by atoms with Gasteiger partial charge in [0.2, 0.25) is 0 Å². The van der Waals surface area contributed by atoms with E-state index in [0.29, 0.717) is 11.3 Å². The normalized spacial score (nSPS) is 19.0. The van der Waals surface area contributed by atoms with Crippen molar-refractivity contribution in [3.63, 3.8) is 0 Å². The zero-order valence-corrected chi connectivity index (χ0v) is 17.4. The Morgan fingerprint density at radius 3 is 1.94 bits per heavy atom. The van der Waals surface area contributed by atoms with Gasteiger partial charge in [-0.2, -0.15) is 5.26 Å². The number of hydrogen-bond donors (Lipinski definition) is 2. The van der Waals surface area contributed by atoms with Crippen LogP contribution in [-0.2, 0) is 0 Å². The van der Waals surface area contributed by atoms with Crippen molar-refractivity contribution < 1.29 is 18.7 Å². The Labute approximate surface area is 189 Å². The molecule has 2 N–H and O–H groups in total. The lowest BCUT2D eigenvalue weighted by Gasteiger charge is -2.51. The molecule has 33 heavy (non-hydrogen) atoms. The lowest BCUT2D eigenvalue weighted by molar-refractivity contribution is 0.0224. The van der Waals surface area contributed by atoms with Gasteiger partial charge in [0.1, 0.15) is 17.7 Å². The molecule has 1 saturated heterocycles. The number of nitrogens with zero attached hydrogens (tertiary/aromatic N) is 2. The first-order valence-corrected chi connectivity index (χ1v) is 10.2. The number of carbonyl (C=O) groups is 1. The van der Waals surface area contributed by atoms with Crippen LogP contribution >= 0.6 is 0 Å². The Hall–Kier alpha value is -4.20. The van der Waals surface area contributed by atoms with Gasteiger partial charge < -0.3 is 15.3 Å². The Bertz CT molecular complexity index is 1240. The summed E-state index contributed by atoms with van der Waals surface area (Å²) in [5.74, 6) is 4.85. The minimum Gasteiger partial charge on any atom is -0.394 e. The van der Waals surface area contributed by atoms with Crippen LogP contribution in [0.3, 0.4) is 0 Å². The van der Waals surface area contributed by atoms with Crippen molar-refractivity contribution in [1.29, 1.82) is 5.26 Å².